The summed E-state index contributed by atoms with van der Waals surface area (Å²) in [5, 5.41) is 3.48. The molecule has 0 radical (unpaired) electrons. The van der Waals surface area contributed by atoms with E-state index in [0.717, 1.165) is 12.0 Å². The normalized spacial score (nSPS) is 29.0. The molecule has 1 heterocycles. The minimum absolute atomic E-state index is 0.202. The first kappa shape index (κ1) is 15.6. The number of carbonyl (C=O) groups excluding carboxylic acids is 1. The summed E-state index contributed by atoms with van der Waals surface area (Å²) in [4.78, 5) is 12.0. The zero-order valence-corrected chi connectivity index (χ0v) is 13.1. The second kappa shape index (κ2) is 6.35. The summed E-state index contributed by atoms with van der Waals surface area (Å²) >= 11 is 0. The Bertz CT molecular complexity index is 496. The lowest BCUT2D eigenvalue weighted by atomic mass is 9.76. The Hall–Kier alpha value is -1.75. The fourth-order valence-corrected chi connectivity index (χ4v) is 3.41. The molecule has 21 heavy (non-hydrogen) atoms. The van der Waals surface area contributed by atoms with Crippen LogP contribution in [0.15, 0.2) is 18.2 Å². The number of benzene rings is 1. The van der Waals surface area contributed by atoms with Crippen LogP contribution in [0.1, 0.15) is 31.9 Å². The van der Waals surface area contributed by atoms with Gasteiger partial charge in [-0.05, 0) is 31.4 Å². The van der Waals surface area contributed by atoms with Crippen LogP contribution in [0.2, 0.25) is 0 Å². The number of methoxy groups -OCH3 is 2. The molecule has 0 saturated carbocycles. The molecule has 0 aliphatic carbocycles. The third-order valence-corrected chi connectivity index (χ3v) is 4.27. The van der Waals surface area contributed by atoms with Gasteiger partial charge in [-0.1, -0.05) is 13.0 Å². The van der Waals surface area contributed by atoms with E-state index in [-0.39, 0.29) is 23.8 Å². The highest BCUT2D eigenvalue weighted by Gasteiger charge is 2.40. The molecule has 116 valence electrons. The molecule has 1 aliphatic rings. The first-order valence-corrected chi connectivity index (χ1v) is 7.25. The molecule has 0 bridgehead atoms. The number of hydrogen-bond donors (Lipinski definition) is 2. The second-order valence-electron chi connectivity index (χ2n) is 5.76. The molecule has 2 rings (SSSR count). The number of primary amides is 1. The highest BCUT2D eigenvalue weighted by atomic mass is 16.5. The summed E-state index contributed by atoms with van der Waals surface area (Å²) in [6.45, 7) is 4.18. The van der Waals surface area contributed by atoms with E-state index in [0.29, 0.717) is 17.5 Å². The van der Waals surface area contributed by atoms with E-state index in [4.69, 9.17) is 15.2 Å². The van der Waals surface area contributed by atoms with Crippen molar-refractivity contribution in [3.05, 3.63) is 23.8 Å². The van der Waals surface area contributed by atoms with Crippen molar-refractivity contribution in [3.8, 4) is 11.5 Å². The number of piperidine rings is 1. The van der Waals surface area contributed by atoms with E-state index in [1.807, 2.05) is 18.2 Å². The van der Waals surface area contributed by atoms with Gasteiger partial charge in [0.25, 0.3) is 0 Å². The molecule has 3 N–H and O–H groups in total. The summed E-state index contributed by atoms with van der Waals surface area (Å²) in [7, 11) is 3.24. The van der Waals surface area contributed by atoms with Crippen LogP contribution in [-0.4, -0.2) is 26.2 Å². The second-order valence-corrected chi connectivity index (χ2v) is 5.76. The lowest BCUT2D eigenvalue weighted by Gasteiger charge is -2.40. The SMILES string of the molecule is COc1cccc(OC)c1C1NC(C)CC(C)C1C(N)=O. The van der Waals surface area contributed by atoms with Gasteiger partial charge in [0.15, 0.2) is 0 Å². The van der Waals surface area contributed by atoms with Crippen molar-refractivity contribution < 1.29 is 14.3 Å². The topological polar surface area (TPSA) is 73.6 Å². The molecule has 4 unspecified atom stereocenters. The first-order chi connectivity index (χ1) is 9.99. The molecule has 5 heteroatoms. The minimum Gasteiger partial charge on any atom is -0.496 e. The van der Waals surface area contributed by atoms with E-state index in [1.165, 1.54) is 0 Å². The number of nitrogens with two attached hydrogens (primary N) is 1. The molecule has 1 aromatic carbocycles. The maximum absolute atomic E-state index is 12.0. The van der Waals surface area contributed by atoms with Crippen LogP contribution in [0, 0.1) is 11.8 Å². The summed E-state index contributed by atoms with van der Waals surface area (Å²) in [6.07, 6.45) is 0.918. The van der Waals surface area contributed by atoms with Gasteiger partial charge < -0.3 is 20.5 Å². The van der Waals surface area contributed by atoms with Crippen molar-refractivity contribution in [1.29, 1.82) is 0 Å². The maximum atomic E-state index is 12.0. The van der Waals surface area contributed by atoms with E-state index in [2.05, 4.69) is 19.2 Å². The van der Waals surface area contributed by atoms with Gasteiger partial charge in [-0.3, -0.25) is 4.79 Å². The smallest absolute Gasteiger partial charge is 0.222 e. The van der Waals surface area contributed by atoms with E-state index < -0.39 is 0 Å². The Balaban J connectivity index is 2.53. The predicted octanol–water partition coefficient (Wildman–Crippen LogP) is 1.86. The molecule has 4 atom stereocenters. The van der Waals surface area contributed by atoms with Crippen molar-refractivity contribution in [2.24, 2.45) is 17.6 Å². The van der Waals surface area contributed by atoms with Crippen molar-refractivity contribution in [1.82, 2.24) is 5.32 Å². The number of ether oxygens (including phenoxy) is 2. The fourth-order valence-electron chi connectivity index (χ4n) is 3.41. The predicted molar refractivity (Wildman–Crippen MR) is 81.4 cm³/mol. The van der Waals surface area contributed by atoms with Gasteiger partial charge in [-0.15, -0.1) is 0 Å². The largest absolute Gasteiger partial charge is 0.496 e. The molecule has 1 amide bonds. The lowest BCUT2D eigenvalue weighted by molar-refractivity contribution is -0.125. The van der Waals surface area contributed by atoms with Crippen LogP contribution in [0.25, 0.3) is 0 Å². The van der Waals surface area contributed by atoms with Gasteiger partial charge in [-0.25, -0.2) is 0 Å². The van der Waals surface area contributed by atoms with Gasteiger partial charge >= 0.3 is 0 Å². The Morgan fingerprint density at radius 2 is 1.81 bits per heavy atom. The average molecular weight is 292 g/mol. The highest BCUT2D eigenvalue weighted by Crippen LogP contribution is 2.43. The van der Waals surface area contributed by atoms with Gasteiger partial charge in [0.1, 0.15) is 11.5 Å². The zero-order chi connectivity index (χ0) is 15.6. The summed E-state index contributed by atoms with van der Waals surface area (Å²) in [5.74, 6) is 1.04. The zero-order valence-electron chi connectivity index (χ0n) is 13.1. The molecule has 0 spiro atoms. The number of rotatable bonds is 4. The Morgan fingerprint density at radius 3 is 2.29 bits per heavy atom. The Labute approximate surface area is 125 Å². The standard InChI is InChI=1S/C16H24N2O3/c1-9-8-10(2)18-15(13(9)16(17)19)14-11(20-3)6-5-7-12(14)21-4/h5-7,9-10,13,15,18H,8H2,1-4H3,(H2,17,19). The lowest BCUT2D eigenvalue weighted by Crippen LogP contribution is -2.49. The van der Waals surface area contributed by atoms with Crippen LogP contribution < -0.4 is 20.5 Å². The number of nitrogens with one attached hydrogen (secondary N) is 1. The number of amides is 1. The van der Waals surface area contributed by atoms with Crippen molar-refractivity contribution in [2.45, 2.75) is 32.4 Å². The molecule has 1 fully saturated rings. The Kier molecular flexibility index (Phi) is 4.73. The van der Waals surface area contributed by atoms with E-state index >= 15 is 0 Å². The quantitative estimate of drug-likeness (QED) is 0.888. The first-order valence-electron chi connectivity index (χ1n) is 7.25. The van der Waals surface area contributed by atoms with Crippen molar-refractivity contribution >= 4 is 5.91 Å². The average Bonchev–Trinajstić information content (AvgIpc) is 2.44. The highest BCUT2D eigenvalue weighted by molar-refractivity contribution is 5.78. The van der Waals surface area contributed by atoms with E-state index in [9.17, 15) is 4.79 Å². The molecule has 1 aliphatic heterocycles. The van der Waals surface area contributed by atoms with Gasteiger partial charge in [0, 0.05) is 6.04 Å². The van der Waals surface area contributed by atoms with Gasteiger partial charge in [0.2, 0.25) is 5.91 Å². The molecular weight excluding hydrogens is 268 g/mol. The molecule has 0 aromatic heterocycles. The molecule has 1 saturated heterocycles. The maximum Gasteiger partial charge on any atom is 0.222 e. The van der Waals surface area contributed by atoms with Gasteiger partial charge in [-0.2, -0.15) is 0 Å². The van der Waals surface area contributed by atoms with Crippen LogP contribution in [0.4, 0.5) is 0 Å². The van der Waals surface area contributed by atoms with Crippen molar-refractivity contribution in [2.75, 3.05) is 14.2 Å². The third-order valence-electron chi connectivity index (χ3n) is 4.27. The fraction of sp³-hybridized carbons (Fsp3) is 0.562. The van der Waals surface area contributed by atoms with E-state index in [1.54, 1.807) is 14.2 Å². The van der Waals surface area contributed by atoms with Crippen LogP contribution in [-0.2, 0) is 4.79 Å². The number of carbonyl (C=O) groups is 1. The van der Waals surface area contributed by atoms with Crippen LogP contribution in [0.5, 0.6) is 11.5 Å². The monoisotopic (exact) mass is 292 g/mol. The van der Waals surface area contributed by atoms with Crippen LogP contribution in [0.3, 0.4) is 0 Å². The summed E-state index contributed by atoms with van der Waals surface area (Å²) in [6, 6.07) is 5.72. The molecule has 5 nitrogen and oxygen atoms in total. The Morgan fingerprint density at radius 1 is 1.24 bits per heavy atom. The van der Waals surface area contributed by atoms with Crippen LogP contribution >= 0.6 is 0 Å². The summed E-state index contributed by atoms with van der Waals surface area (Å²) in [5.41, 5.74) is 6.52. The third kappa shape index (κ3) is 2.97. The van der Waals surface area contributed by atoms with Gasteiger partial charge in [0.05, 0.1) is 31.7 Å². The van der Waals surface area contributed by atoms with Crippen molar-refractivity contribution in [3.63, 3.8) is 0 Å². The molecule has 1 aromatic rings. The molecular formula is C16H24N2O3. The number of hydrogen-bond acceptors (Lipinski definition) is 4. The minimum atomic E-state index is -0.292. The summed E-state index contributed by atoms with van der Waals surface area (Å²) < 4.78 is 10.9.